The van der Waals surface area contributed by atoms with Crippen molar-refractivity contribution in [2.45, 2.75) is 33.1 Å². The molecule has 0 amide bonds. The monoisotopic (exact) mass is 173 g/mol. The maximum absolute atomic E-state index is 8.56. The molecule has 0 aliphatic rings. The van der Waals surface area contributed by atoms with Crippen molar-refractivity contribution >= 4 is 11.6 Å². The summed E-state index contributed by atoms with van der Waals surface area (Å²) < 4.78 is 0. The third-order valence-electron chi connectivity index (χ3n) is 1.70. The average molecular weight is 174 g/mol. The van der Waals surface area contributed by atoms with Crippen LogP contribution in [0, 0.1) is 23.2 Å². The first kappa shape index (κ1) is 10.8. The largest absolute Gasteiger partial charge is 0.198 e. The Labute approximate surface area is 74.4 Å². The van der Waals surface area contributed by atoms with E-state index < -0.39 is 0 Å². The summed E-state index contributed by atoms with van der Waals surface area (Å²) in [5.74, 6) is 1.29. The second-order valence-corrected chi connectivity index (χ2v) is 3.61. The molecule has 0 N–H and O–H groups in total. The van der Waals surface area contributed by atoms with Crippen LogP contribution >= 0.6 is 11.6 Å². The van der Waals surface area contributed by atoms with Crippen molar-refractivity contribution in [3.8, 4) is 6.07 Å². The standard InChI is InChI=1S/C9H16ClN/c1-8(2)4-3-5-9(6-10)7-11/h8-9H,3-6H2,1-2H3. The minimum atomic E-state index is 0.0652. The molecule has 11 heavy (non-hydrogen) atoms. The molecule has 2 heteroatoms. The molecule has 64 valence electrons. The van der Waals surface area contributed by atoms with Gasteiger partial charge in [-0.3, -0.25) is 0 Å². The van der Waals surface area contributed by atoms with Crippen LogP contribution in [0.1, 0.15) is 33.1 Å². The first-order valence-electron chi connectivity index (χ1n) is 4.16. The number of nitrogens with zero attached hydrogens (tertiary/aromatic N) is 1. The lowest BCUT2D eigenvalue weighted by molar-refractivity contribution is 0.507. The fraction of sp³-hybridized carbons (Fsp3) is 0.889. The fourth-order valence-electron chi connectivity index (χ4n) is 0.949. The van der Waals surface area contributed by atoms with E-state index >= 15 is 0 Å². The van der Waals surface area contributed by atoms with E-state index in [1.165, 1.54) is 6.42 Å². The minimum absolute atomic E-state index is 0.0652. The van der Waals surface area contributed by atoms with Gasteiger partial charge in [0.25, 0.3) is 0 Å². The number of hydrogen-bond donors (Lipinski definition) is 0. The van der Waals surface area contributed by atoms with E-state index in [1.807, 2.05) is 0 Å². The highest BCUT2D eigenvalue weighted by Crippen LogP contribution is 2.12. The number of halogens is 1. The highest BCUT2D eigenvalue weighted by molar-refractivity contribution is 6.18. The zero-order chi connectivity index (χ0) is 8.69. The Morgan fingerprint density at radius 1 is 1.36 bits per heavy atom. The molecule has 0 aromatic heterocycles. The van der Waals surface area contributed by atoms with E-state index in [4.69, 9.17) is 16.9 Å². The Morgan fingerprint density at radius 3 is 2.36 bits per heavy atom. The summed E-state index contributed by atoms with van der Waals surface area (Å²) in [4.78, 5) is 0. The van der Waals surface area contributed by atoms with Crippen LogP contribution in [-0.2, 0) is 0 Å². The topological polar surface area (TPSA) is 23.8 Å². The lowest BCUT2D eigenvalue weighted by atomic mass is 10.0. The minimum Gasteiger partial charge on any atom is -0.198 e. The van der Waals surface area contributed by atoms with Crippen molar-refractivity contribution in [2.75, 3.05) is 5.88 Å². The normalized spacial score (nSPS) is 13.0. The molecule has 0 aromatic rings. The van der Waals surface area contributed by atoms with Crippen LogP contribution < -0.4 is 0 Å². The molecule has 0 saturated heterocycles. The van der Waals surface area contributed by atoms with Crippen LogP contribution in [0.2, 0.25) is 0 Å². The van der Waals surface area contributed by atoms with Crippen LogP contribution in [0.5, 0.6) is 0 Å². The highest BCUT2D eigenvalue weighted by atomic mass is 35.5. The predicted molar refractivity (Wildman–Crippen MR) is 48.5 cm³/mol. The van der Waals surface area contributed by atoms with Gasteiger partial charge in [-0.05, 0) is 12.3 Å². The number of hydrogen-bond acceptors (Lipinski definition) is 1. The molecule has 0 saturated carbocycles. The number of nitriles is 1. The molecule has 0 aromatic carbocycles. The molecular weight excluding hydrogens is 158 g/mol. The number of alkyl halides is 1. The zero-order valence-corrected chi connectivity index (χ0v) is 8.06. The fourth-order valence-corrected chi connectivity index (χ4v) is 1.17. The van der Waals surface area contributed by atoms with Gasteiger partial charge in [-0.2, -0.15) is 5.26 Å². The van der Waals surface area contributed by atoms with Gasteiger partial charge in [0.2, 0.25) is 0 Å². The van der Waals surface area contributed by atoms with Gasteiger partial charge in [0.05, 0.1) is 12.0 Å². The molecule has 1 unspecified atom stereocenters. The van der Waals surface area contributed by atoms with Crippen molar-refractivity contribution in [3.05, 3.63) is 0 Å². The van der Waals surface area contributed by atoms with Gasteiger partial charge in [0.1, 0.15) is 0 Å². The SMILES string of the molecule is CC(C)CCCC(C#N)CCl. The van der Waals surface area contributed by atoms with Gasteiger partial charge in [-0.1, -0.05) is 26.7 Å². The summed E-state index contributed by atoms with van der Waals surface area (Å²) in [6, 6.07) is 2.19. The second kappa shape index (κ2) is 6.49. The Balaban J connectivity index is 3.30. The lowest BCUT2D eigenvalue weighted by Crippen LogP contribution is -1.99. The Hall–Kier alpha value is -0.220. The summed E-state index contributed by atoms with van der Waals surface area (Å²) in [5, 5.41) is 8.56. The van der Waals surface area contributed by atoms with Crippen molar-refractivity contribution in [2.24, 2.45) is 11.8 Å². The van der Waals surface area contributed by atoms with Crippen molar-refractivity contribution in [3.63, 3.8) is 0 Å². The predicted octanol–water partition coefficient (Wildman–Crippen LogP) is 3.19. The molecule has 0 bridgehead atoms. The molecule has 0 spiro atoms. The maximum Gasteiger partial charge on any atom is 0.0668 e. The van der Waals surface area contributed by atoms with Gasteiger partial charge >= 0.3 is 0 Å². The number of rotatable bonds is 5. The summed E-state index contributed by atoms with van der Waals surface area (Å²) >= 11 is 5.56. The van der Waals surface area contributed by atoms with Gasteiger partial charge in [-0.25, -0.2) is 0 Å². The van der Waals surface area contributed by atoms with Crippen molar-refractivity contribution in [1.29, 1.82) is 5.26 Å². The van der Waals surface area contributed by atoms with E-state index in [9.17, 15) is 0 Å². The first-order chi connectivity index (χ1) is 5.20. The molecule has 0 heterocycles. The Bertz CT molecular complexity index is 126. The van der Waals surface area contributed by atoms with Gasteiger partial charge in [0.15, 0.2) is 0 Å². The van der Waals surface area contributed by atoms with Crippen LogP contribution in [0.15, 0.2) is 0 Å². The van der Waals surface area contributed by atoms with Crippen LogP contribution in [0.4, 0.5) is 0 Å². The van der Waals surface area contributed by atoms with Gasteiger partial charge < -0.3 is 0 Å². The van der Waals surface area contributed by atoms with E-state index in [-0.39, 0.29) is 5.92 Å². The Kier molecular flexibility index (Phi) is 6.36. The van der Waals surface area contributed by atoms with E-state index in [1.54, 1.807) is 0 Å². The smallest absolute Gasteiger partial charge is 0.0668 e. The molecule has 0 radical (unpaired) electrons. The maximum atomic E-state index is 8.56. The van der Waals surface area contributed by atoms with E-state index in [0.717, 1.165) is 18.8 Å². The molecule has 0 fully saturated rings. The molecule has 0 rings (SSSR count). The van der Waals surface area contributed by atoms with Crippen LogP contribution in [0.3, 0.4) is 0 Å². The molecule has 0 aliphatic heterocycles. The Morgan fingerprint density at radius 2 is 2.00 bits per heavy atom. The van der Waals surface area contributed by atoms with Crippen molar-refractivity contribution < 1.29 is 0 Å². The quantitative estimate of drug-likeness (QED) is 0.586. The molecule has 1 nitrogen and oxygen atoms in total. The summed E-state index contributed by atoms with van der Waals surface area (Å²) in [7, 11) is 0. The third-order valence-corrected chi connectivity index (χ3v) is 2.08. The summed E-state index contributed by atoms with van der Waals surface area (Å²) in [6.07, 6.45) is 3.29. The third kappa shape index (κ3) is 6.19. The zero-order valence-electron chi connectivity index (χ0n) is 7.31. The first-order valence-corrected chi connectivity index (χ1v) is 4.69. The van der Waals surface area contributed by atoms with Gasteiger partial charge in [0, 0.05) is 5.88 Å². The summed E-state index contributed by atoms with van der Waals surface area (Å²) in [6.45, 7) is 4.39. The molecular formula is C9H16ClN. The van der Waals surface area contributed by atoms with Crippen LogP contribution in [0.25, 0.3) is 0 Å². The average Bonchev–Trinajstić information content (AvgIpc) is 1.98. The lowest BCUT2D eigenvalue weighted by Gasteiger charge is -2.05. The highest BCUT2D eigenvalue weighted by Gasteiger charge is 2.04. The van der Waals surface area contributed by atoms with E-state index in [0.29, 0.717) is 5.88 Å². The summed E-state index contributed by atoms with van der Waals surface area (Å²) in [5.41, 5.74) is 0. The molecule has 0 aliphatic carbocycles. The van der Waals surface area contributed by atoms with Crippen LogP contribution in [-0.4, -0.2) is 5.88 Å². The van der Waals surface area contributed by atoms with Crippen molar-refractivity contribution in [1.82, 2.24) is 0 Å². The molecule has 1 atom stereocenters. The van der Waals surface area contributed by atoms with Gasteiger partial charge in [-0.15, -0.1) is 11.6 Å². The second-order valence-electron chi connectivity index (χ2n) is 3.31. The van der Waals surface area contributed by atoms with E-state index in [2.05, 4.69) is 19.9 Å².